The van der Waals surface area contributed by atoms with Gasteiger partial charge in [0.05, 0.1) is 12.1 Å². The number of aromatic hydroxyl groups is 1. The van der Waals surface area contributed by atoms with Crippen molar-refractivity contribution >= 4 is 22.8 Å². The van der Waals surface area contributed by atoms with Crippen molar-refractivity contribution in [3.63, 3.8) is 0 Å². The lowest BCUT2D eigenvalue weighted by Gasteiger charge is -2.37. The number of nitrogens with zero attached hydrogens (tertiary/aromatic N) is 5. The Morgan fingerprint density at radius 2 is 1.91 bits per heavy atom. The number of fused-ring (bicyclic) bond motifs is 1. The van der Waals surface area contributed by atoms with Crippen molar-refractivity contribution < 1.29 is 27.8 Å². The summed E-state index contributed by atoms with van der Waals surface area (Å²) in [4.78, 5) is 19.8. The molecule has 0 aliphatic carbocycles. The fourth-order valence-corrected chi connectivity index (χ4v) is 4.47. The molecule has 172 valence electrons. The second-order valence-corrected chi connectivity index (χ2v) is 8.40. The zero-order valence-corrected chi connectivity index (χ0v) is 17.6. The molecule has 8 nitrogen and oxygen atoms in total. The first kappa shape index (κ1) is 21.2. The lowest BCUT2D eigenvalue weighted by atomic mass is 9.91. The summed E-state index contributed by atoms with van der Waals surface area (Å²) in [6.45, 7) is 1.69. The van der Waals surface area contributed by atoms with Gasteiger partial charge in [-0.1, -0.05) is 0 Å². The predicted molar refractivity (Wildman–Crippen MR) is 113 cm³/mol. The Morgan fingerprint density at radius 3 is 2.55 bits per heavy atom. The summed E-state index contributed by atoms with van der Waals surface area (Å²) in [5, 5.41) is 19.4. The van der Waals surface area contributed by atoms with Crippen LogP contribution in [0.3, 0.4) is 0 Å². The molecule has 0 unspecified atom stereocenters. The number of piperidine rings is 1. The number of phenols is 1. The molecule has 2 saturated heterocycles. The van der Waals surface area contributed by atoms with Gasteiger partial charge in [0.2, 0.25) is 0 Å². The Hall–Kier alpha value is -3.63. The van der Waals surface area contributed by atoms with Gasteiger partial charge >= 0.3 is 12.3 Å². The number of halogens is 3. The number of benzene rings is 1. The molecular weight excluding hydrogens is 439 g/mol. The molecule has 33 heavy (non-hydrogen) atoms. The third kappa shape index (κ3) is 3.66. The lowest BCUT2D eigenvalue weighted by molar-refractivity contribution is -0.137. The van der Waals surface area contributed by atoms with E-state index in [0.717, 1.165) is 6.07 Å². The summed E-state index contributed by atoms with van der Waals surface area (Å²) in [6.07, 6.45) is -2.04. The summed E-state index contributed by atoms with van der Waals surface area (Å²) in [5.74, 6) is -0.00242. The number of aromatic nitrogens is 3. The largest absolute Gasteiger partial charge is 0.507 e. The first-order valence-electron chi connectivity index (χ1n) is 10.4. The molecule has 0 saturated carbocycles. The maximum atomic E-state index is 13.0. The average molecular weight is 459 g/mol. The molecule has 5 rings (SSSR count). The maximum absolute atomic E-state index is 13.0. The van der Waals surface area contributed by atoms with Crippen LogP contribution in [0.2, 0.25) is 0 Å². The zero-order chi connectivity index (χ0) is 23.4. The molecule has 1 amide bonds. The molecular formula is C22H20F3N5O3. The zero-order valence-electron chi connectivity index (χ0n) is 17.6. The van der Waals surface area contributed by atoms with Crippen LogP contribution in [-0.2, 0) is 10.9 Å². The van der Waals surface area contributed by atoms with E-state index in [4.69, 9.17) is 4.74 Å². The van der Waals surface area contributed by atoms with Crippen molar-refractivity contribution in [2.45, 2.75) is 24.6 Å². The molecule has 2 aromatic heterocycles. The SMILES string of the molecule is CN1CC2(CCN(c3nnc(-c4ccc(C(F)(F)F)cc4O)c4cccnc34)CC2)OC1=O. The Bertz CT molecular complexity index is 1240. The second kappa shape index (κ2) is 7.46. The Balaban J connectivity index is 1.48. The minimum Gasteiger partial charge on any atom is -0.507 e. The lowest BCUT2D eigenvalue weighted by Crippen LogP contribution is -2.47. The van der Waals surface area contributed by atoms with Crippen LogP contribution in [-0.4, -0.2) is 63.6 Å². The number of carbonyl (C=O) groups excluding carboxylic acids is 1. The van der Waals surface area contributed by atoms with E-state index in [2.05, 4.69) is 15.2 Å². The highest BCUT2D eigenvalue weighted by molar-refractivity contribution is 5.98. The highest BCUT2D eigenvalue weighted by Crippen LogP contribution is 2.40. The molecule has 1 spiro atoms. The third-order valence-electron chi connectivity index (χ3n) is 6.21. The van der Waals surface area contributed by atoms with Crippen LogP contribution in [0.1, 0.15) is 18.4 Å². The third-order valence-corrected chi connectivity index (χ3v) is 6.21. The second-order valence-electron chi connectivity index (χ2n) is 8.40. The van der Waals surface area contributed by atoms with E-state index in [0.29, 0.717) is 55.3 Å². The number of hydrogen-bond donors (Lipinski definition) is 1. The van der Waals surface area contributed by atoms with Crippen molar-refractivity contribution in [2.75, 3.05) is 31.6 Å². The van der Waals surface area contributed by atoms with Crippen molar-refractivity contribution in [1.29, 1.82) is 0 Å². The Morgan fingerprint density at radius 1 is 1.15 bits per heavy atom. The summed E-state index contributed by atoms with van der Waals surface area (Å²) in [7, 11) is 1.71. The predicted octanol–water partition coefficient (Wildman–Crippen LogP) is 3.84. The number of phenolic OH excluding ortho intramolecular Hbond substituents is 1. The van der Waals surface area contributed by atoms with Crippen molar-refractivity contribution in [1.82, 2.24) is 20.1 Å². The summed E-state index contributed by atoms with van der Waals surface area (Å²) >= 11 is 0. The van der Waals surface area contributed by atoms with Crippen LogP contribution in [0, 0.1) is 0 Å². The number of ether oxygens (including phenoxy) is 1. The van der Waals surface area contributed by atoms with Crippen LogP contribution < -0.4 is 4.90 Å². The highest BCUT2D eigenvalue weighted by atomic mass is 19.4. The smallest absolute Gasteiger partial charge is 0.416 e. The van der Waals surface area contributed by atoms with Crippen molar-refractivity contribution in [2.24, 2.45) is 0 Å². The molecule has 0 radical (unpaired) electrons. The summed E-state index contributed by atoms with van der Waals surface area (Å²) in [5.41, 5.74) is -0.550. The Labute approximate surface area is 186 Å². The number of hydrogen-bond acceptors (Lipinski definition) is 7. The summed E-state index contributed by atoms with van der Waals surface area (Å²) < 4.78 is 44.5. The Kier molecular flexibility index (Phi) is 4.80. The standard InChI is InChI=1S/C22H20F3N5O3/c1-29-12-21(33-20(29)32)6-9-30(10-7-21)19-18-15(3-2-8-26-18)17(27-28-19)14-5-4-13(11-16(14)31)22(23,24)25/h2-5,8,11,31H,6-7,9-10,12H2,1H3. The van der Waals surface area contributed by atoms with Gasteiger partial charge in [0, 0.05) is 50.1 Å². The first-order valence-corrected chi connectivity index (χ1v) is 10.4. The molecule has 3 aromatic rings. The van der Waals surface area contributed by atoms with Crippen LogP contribution in [0.25, 0.3) is 22.2 Å². The van der Waals surface area contributed by atoms with Gasteiger partial charge in [-0.2, -0.15) is 13.2 Å². The number of pyridine rings is 1. The monoisotopic (exact) mass is 459 g/mol. The van der Waals surface area contributed by atoms with Crippen LogP contribution in [0.5, 0.6) is 5.75 Å². The van der Waals surface area contributed by atoms with E-state index in [1.54, 1.807) is 30.3 Å². The van der Waals surface area contributed by atoms with Gasteiger partial charge in [0.15, 0.2) is 5.82 Å². The fourth-order valence-electron chi connectivity index (χ4n) is 4.47. The normalized spacial score (nSPS) is 18.2. The first-order chi connectivity index (χ1) is 15.7. The summed E-state index contributed by atoms with van der Waals surface area (Å²) in [6, 6.07) is 6.20. The van der Waals surface area contributed by atoms with Crippen LogP contribution in [0.15, 0.2) is 36.5 Å². The van der Waals surface area contributed by atoms with E-state index in [1.807, 2.05) is 4.90 Å². The van der Waals surface area contributed by atoms with E-state index in [1.165, 1.54) is 6.07 Å². The fraction of sp³-hybridized carbons (Fsp3) is 0.364. The number of likely N-dealkylation sites (N-methyl/N-ethyl adjacent to an activating group) is 1. The molecule has 2 fully saturated rings. The number of anilines is 1. The molecule has 1 aromatic carbocycles. The molecule has 0 bridgehead atoms. The number of alkyl halides is 3. The quantitative estimate of drug-likeness (QED) is 0.623. The average Bonchev–Trinajstić information content (AvgIpc) is 3.06. The van der Waals surface area contributed by atoms with Gasteiger partial charge in [-0.15, -0.1) is 10.2 Å². The number of rotatable bonds is 2. The van der Waals surface area contributed by atoms with Crippen molar-refractivity contribution in [3.8, 4) is 17.0 Å². The molecule has 1 N–H and O–H groups in total. The van der Waals surface area contributed by atoms with Gasteiger partial charge in [-0.3, -0.25) is 4.98 Å². The van der Waals surface area contributed by atoms with Gasteiger partial charge in [0.1, 0.15) is 22.6 Å². The minimum atomic E-state index is -4.57. The molecule has 11 heteroatoms. The number of amides is 1. The molecule has 2 aliphatic heterocycles. The van der Waals surface area contributed by atoms with Gasteiger partial charge in [-0.25, -0.2) is 4.79 Å². The van der Waals surface area contributed by atoms with E-state index in [9.17, 15) is 23.1 Å². The van der Waals surface area contributed by atoms with Crippen molar-refractivity contribution in [3.05, 3.63) is 42.1 Å². The topological polar surface area (TPSA) is 91.7 Å². The van der Waals surface area contributed by atoms with E-state index in [-0.39, 0.29) is 17.4 Å². The molecule has 4 heterocycles. The van der Waals surface area contributed by atoms with Gasteiger partial charge < -0.3 is 19.6 Å². The molecule has 0 atom stereocenters. The van der Waals surface area contributed by atoms with Gasteiger partial charge in [-0.05, 0) is 30.3 Å². The van der Waals surface area contributed by atoms with Crippen LogP contribution >= 0.6 is 0 Å². The number of carbonyl (C=O) groups is 1. The minimum absolute atomic E-state index is 0.138. The van der Waals surface area contributed by atoms with Gasteiger partial charge in [0.25, 0.3) is 0 Å². The van der Waals surface area contributed by atoms with Crippen LogP contribution in [0.4, 0.5) is 23.8 Å². The maximum Gasteiger partial charge on any atom is 0.416 e. The van der Waals surface area contributed by atoms with E-state index >= 15 is 0 Å². The van der Waals surface area contributed by atoms with E-state index < -0.39 is 23.1 Å². The highest BCUT2D eigenvalue weighted by Gasteiger charge is 2.46. The molecule has 2 aliphatic rings.